The van der Waals surface area contributed by atoms with Gasteiger partial charge < -0.3 is 20.3 Å². The number of aliphatic hydroxyl groups excluding tert-OH is 1. The highest BCUT2D eigenvalue weighted by Crippen LogP contribution is 2.30. The van der Waals surface area contributed by atoms with Crippen molar-refractivity contribution in [3.05, 3.63) is 47.5 Å². The molecule has 10 heteroatoms. The SMILES string of the molecule is Cn1c(Nc2nc3cc(F)c(F)cc3s2)nc2cc(C(=O)NCCO)ccc21. The van der Waals surface area contributed by atoms with Gasteiger partial charge in [-0.1, -0.05) is 11.3 Å². The highest BCUT2D eigenvalue weighted by atomic mass is 32.1. The van der Waals surface area contributed by atoms with Crippen molar-refractivity contribution in [2.24, 2.45) is 7.05 Å². The van der Waals surface area contributed by atoms with E-state index in [1.165, 1.54) is 11.3 Å². The second-order valence-corrected chi connectivity index (χ2v) is 7.09. The highest BCUT2D eigenvalue weighted by molar-refractivity contribution is 7.22. The average molecular weight is 403 g/mol. The number of aromatic nitrogens is 3. The first-order chi connectivity index (χ1) is 13.5. The lowest BCUT2D eigenvalue weighted by atomic mass is 10.2. The fraction of sp³-hybridized carbons (Fsp3) is 0.167. The average Bonchev–Trinajstić information content (AvgIpc) is 3.20. The van der Waals surface area contributed by atoms with Crippen molar-refractivity contribution in [2.75, 3.05) is 18.5 Å². The summed E-state index contributed by atoms with van der Waals surface area (Å²) in [7, 11) is 1.80. The van der Waals surface area contributed by atoms with Crippen molar-refractivity contribution in [2.45, 2.75) is 0 Å². The summed E-state index contributed by atoms with van der Waals surface area (Å²) >= 11 is 1.18. The molecule has 7 nitrogen and oxygen atoms in total. The molecule has 144 valence electrons. The van der Waals surface area contributed by atoms with Gasteiger partial charge in [0.25, 0.3) is 5.91 Å². The number of rotatable bonds is 5. The highest BCUT2D eigenvalue weighted by Gasteiger charge is 2.14. The molecule has 1 amide bonds. The van der Waals surface area contributed by atoms with Crippen molar-refractivity contribution in [1.82, 2.24) is 19.9 Å². The molecule has 3 N–H and O–H groups in total. The maximum Gasteiger partial charge on any atom is 0.251 e. The fourth-order valence-electron chi connectivity index (χ4n) is 2.80. The lowest BCUT2D eigenvalue weighted by Gasteiger charge is -2.03. The van der Waals surface area contributed by atoms with E-state index in [1.54, 1.807) is 29.8 Å². The number of fused-ring (bicyclic) bond motifs is 2. The number of anilines is 2. The number of hydrogen-bond acceptors (Lipinski definition) is 6. The molecular formula is C18H15F2N5O2S. The van der Waals surface area contributed by atoms with E-state index in [1.807, 2.05) is 0 Å². The minimum atomic E-state index is -0.945. The number of halogens is 2. The molecule has 0 aliphatic heterocycles. The van der Waals surface area contributed by atoms with E-state index in [0.717, 1.165) is 17.6 Å². The Hall–Kier alpha value is -3.11. The number of aliphatic hydroxyl groups is 1. The van der Waals surface area contributed by atoms with Crippen LogP contribution in [0.1, 0.15) is 10.4 Å². The van der Waals surface area contributed by atoms with Crippen LogP contribution in [0.3, 0.4) is 0 Å². The number of thiazole rings is 1. The number of nitrogens with zero attached hydrogens (tertiary/aromatic N) is 3. The maximum absolute atomic E-state index is 13.4. The zero-order valence-corrected chi connectivity index (χ0v) is 15.5. The summed E-state index contributed by atoms with van der Waals surface area (Å²) in [5.74, 6) is -1.69. The predicted molar refractivity (Wildman–Crippen MR) is 103 cm³/mol. The maximum atomic E-state index is 13.4. The van der Waals surface area contributed by atoms with Crippen LogP contribution in [0.5, 0.6) is 0 Å². The van der Waals surface area contributed by atoms with Gasteiger partial charge in [-0.25, -0.2) is 18.7 Å². The van der Waals surface area contributed by atoms with E-state index in [-0.39, 0.29) is 19.1 Å². The molecule has 0 spiro atoms. The lowest BCUT2D eigenvalue weighted by molar-refractivity contribution is 0.0945. The summed E-state index contributed by atoms with van der Waals surface area (Å²) in [5.41, 5.74) is 2.17. The number of hydrogen-bond donors (Lipinski definition) is 3. The van der Waals surface area contributed by atoms with E-state index in [4.69, 9.17) is 5.11 Å². The van der Waals surface area contributed by atoms with Crippen molar-refractivity contribution in [3.63, 3.8) is 0 Å². The summed E-state index contributed by atoms with van der Waals surface area (Å²) in [6, 6.07) is 7.25. The van der Waals surface area contributed by atoms with Gasteiger partial charge in [0.2, 0.25) is 5.95 Å². The Balaban J connectivity index is 1.65. The van der Waals surface area contributed by atoms with Gasteiger partial charge in [0.05, 0.1) is 27.9 Å². The van der Waals surface area contributed by atoms with Crippen LogP contribution in [0, 0.1) is 11.6 Å². The van der Waals surface area contributed by atoms with Gasteiger partial charge in [0.1, 0.15) is 0 Å². The summed E-state index contributed by atoms with van der Waals surface area (Å²) in [6.45, 7) is 0.0340. The molecule has 2 aromatic heterocycles. The third-order valence-corrected chi connectivity index (χ3v) is 5.12. The third kappa shape index (κ3) is 3.27. The first kappa shape index (κ1) is 18.3. The number of nitrogens with one attached hydrogen (secondary N) is 2. The topological polar surface area (TPSA) is 92.1 Å². The van der Waals surface area contributed by atoms with Crippen LogP contribution < -0.4 is 10.6 Å². The summed E-state index contributed by atoms with van der Waals surface area (Å²) in [6.07, 6.45) is 0. The van der Waals surface area contributed by atoms with Gasteiger partial charge >= 0.3 is 0 Å². The molecule has 0 aliphatic carbocycles. The van der Waals surface area contributed by atoms with Gasteiger partial charge in [0, 0.05) is 25.2 Å². The fourth-order valence-corrected chi connectivity index (χ4v) is 3.66. The molecule has 0 aliphatic rings. The smallest absolute Gasteiger partial charge is 0.251 e. The first-order valence-electron chi connectivity index (χ1n) is 8.34. The molecule has 0 atom stereocenters. The number of aryl methyl sites for hydroxylation is 1. The second-order valence-electron chi connectivity index (χ2n) is 6.06. The van der Waals surface area contributed by atoms with Crippen LogP contribution in [-0.4, -0.2) is 38.7 Å². The minimum Gasteiger partial charge on any atom is -0.395 e. The molecule has 0 bridgehead atoms. The Labute approximate surface area is 161 Å². The second kappa shape index (κ2) is 7.13. The summed E-state index contributed by atoms with van der Waals surface area (Å²) in [5, 5.41) is 14.9. The number of amides is 1. The van der Waals surface area contributed by atoms with Gasteiger partial charge in [-0.15, -0.1) is 0 Å². The van der Waals surface area contributed by atoms with E-state index >= 15 is 0 Å². The van der Waals surface area contributed by atoms with Crippen LogP contribution in [0.4, 0.5) is 19.9 Å². The molecule has 4 rings (SSSR count). The molecule has 28 heavy (non-hydrogen) atoms. The molecule has 0 radical (unpaired) electrons. The van der Waals surface area contributed by atoms with Crippen molar-refractivity contribution >= 4 is 49.6 Å². The van der Waals surface area contributed by atoms with Crippen molar-refractivity contribution in [3.8, 4) is 0 Å². The number of benzene rings is 2. The molecule has 0 fully saturated rings. The van der Waals surface area contributed by atoms with Crippen LogP contribution >= 0.6 is 11.3 Å². The third-order valence-electron chi connectivity index (χ3n) is 4.19. The Morgan fingerprint density at radius 1 is 1.18 bits per heavy atom. The Bertz CT molecular complexity index is 1160. The van der Waals surface area contributed by atoms with Crippen molar-refractivity contribution in [1.29, 1.82) is 0 Å². The van der Waals surface area contributed by atoms with Crippen LogP contribution in [0.25, 0.3) is 21.3 Å². The quantitative estimate of drug-likeness (QED) is 0.477. The molecule has 2 aromatic carbocycles. The van der Waals surface area contributed by atoms with Gasteiger partial charge in [-0.2, -0.15) is 0 Å². The van der Waals surface area contributed by atoms with Gasteiger partial charge in [0.15, 0.2) is 16.8 Å². The Morgan fingerprint density at radius 3 is 2.75 bits per heavy atom. The van der Waals surface area contributed by atoms with Gasteiger partial charge in [-0.05, 0) is 24.3 Å². The Kier molecular flexibility index (Phi) is 4.65. The van der Waals surface area contributed by atoms with E-state index in [9.17, 15) is 13.6 Å². The van der Waals surface area contributed by atoms with Crippen LogP contribution in [0.2, 0.25) is 0 Å². The largest absolute Gasteiger partial charge is 0.395 e. The summed E-state index contributed by atoms with van der Waals surface area (Å²) < 4.78 is 29.1. The number of carbonyl (C=O) groups is 1. The summed E-state index contributed by atoms with van der Waals surface area (Å²) in [4.78, 5) is 20.8. The van der Waals surface area contributed by atoms with E-state index in [2.05, 4.69) is 20.6 Å². The molecular weight excluding hydrogens is 388 g/mol. The zero-order valence-electron chi connectivity index (χ0n) is 14.7. The van der Waals surface area contributed by atoms with Crippen LogP contribution in [0.15, 0.2) is 30.3 Å². The van der Waals surface area contributed by atoms with E-state index in [0.29, 0.717) is 32.4 Å². The molecule has 0 unspecified atom stereocenters. The standard InChI is InChI=1S/C18H15F2N5O2S/c1-25-14-3-2-9(16(27)21-4-5-26)6-12(14)22-17(25)24-18-23-13-7-10(19)11(20)8-15(13)28-18/h2-3,6-8,26H,4-5H2,1H3,(H,21,27)(H,22,23,24). The lowest BCUT2D eigenvalue weighted by Crippen LogP contribution is -2.26. The zero-order chi connectivity index (χ0) is 19.8. The Morgan fingerprint density at radius 2 is 1.96 bits per heavy atom. The normalized spacial score (nSPS) is 11.3. The van der Waals surface area contributed by atoms with Crippen molar-refractivity contribution < 1.29 is 18.7 Å². The first-order valence-corrected chi connectivity index (χ1v) is 9.16. The molecule has 2 heterocycles. The van der Waals surface area contributed by atoms with Crippen LogP contribution in [-0.2, 0) is 7.05 Å². The number of imidazole rings is 1. The molecule has 0 saturated carbocycles. The predicted octanol–water partition coefficient (Wildman–Crippen LogP) is 2.93. The minimum absolute atomic E-state index is 0.137. The molecule has 0 saturated heterocycles. The van der Waals surface area contributed by atoms with Gasteiger partial charge in [-0.3, -0.25) is 4.79 Å². The van der Waals surface area contributed by atoms with E-state index < -0.39 is 11.6 Å². The monoisotopic (exact) mass is 403 g/mol. The molecule has 4 aromatic rings. The number of carbonyl (C=O) groups excluding carboxylic acids is 1.